The molecule has 1 heterocycles. The molecule has 0 spiro atoms. The van der Waals surface area contributed by atoms with Crippen LogP contribution < -0.4 is 5.73 Å². The fourth-order valence-corrected chi connectivity index (χ4v) is 2.60. The maximum Gasteiger partial charge on any atom is 0.230 e. The lowest BCUT2D eigenvalue weighted by atomic mass is 10.0. The van der Waals surface area contributed by atoms with Crippen molar-refractivity contribution >= 4 is 17.5 Å². The molecule has 21 heavy (non-hydrogen) atoms. The van der Waals surface area contributed by atoms with E-state index in [9.17, 15) is 0 Å². The largest absolute Gasteiger partial charge is 0.367 e. The summed E-state index contributed by atoms with van der Waals surface area (Å²) in [5, 5.41) is 4.74. The molecule has 2 N–H and O–H groups in total. The quantitative estimate of drug-likeness (QED) is 0.778. The molecule has 0 unspecified atom stereocenters. The van der Waals surface area contributed by atoms with E-state index in [4.69, 9.17) is 21.9 Å². The Kier molecular flexibility index (Phi) is 3.93. The first-order chi connectivity index (χ1) is 10.3. The van der Waals surface area contributed by atoms with Crippen molar-refractivity contribution in [3.63, 3.8) is 0 Å². The van der Waals surface area contributed by atoms with Gasteiger partial charge in [0.2, 0.25) is 5.88 Å². The Hall–Kier alpha value is -2.26. The third kappa shape index (κ3) is 2.93. The van der Waals surface area contributed by atoms with Crippen LogP contribution in [-0.2, 0) is 12.8 Å². The number of nitrogens with zero attached hydrogens (tertiary/aromatic N) is 1. The molecule has 0 saturated carbocycles. The van der Waals surface area contributed by atoms with E-state index in [2.05, 4.69) is 17.3 Å². The molecule has 3 rings (SSSR count). The number of nitrogens with two attached hydrogens (primary N) is 1. The van der Waals surface area contributed by atoms with Crippen LogP contribution >= 0.6 is 11.6 Å². The molecule has 0 fully saturated rings. The fraction of sp³-hybridized carbons (Fsp3) is 0.118. The molecule has 1 aromatic heterocycles. The topological polar surface area (TPSA) is 52.0 Å². The van der Waals surface area contributed by atoms with Gasteiger partial charge in [0, 0.05) is 10.6 Å². The molecule has 0 aliphatic carbocycles. The third-order valence-corrected chi connectivity index (χ3v) is 3.76. The molecular weight excluding hydrogens is 284 g/mol. The molecule has 3 nitrogen and oxygen atoms in total. The monoisotopic (exact) mass is 298 g/mol. The van der Waals surface area contributed by atoms with Crippen molar-refractivity contribution in [2.45, 2.75) is 12.8 Å². The second-order valence-corrected chi connectivity index (χ2v) is 5.24. The van der Waals surface area contributed by atoms with Crippen molar-refractivity contribution in [1.82, 2.24) is 5.16 Å². The summed E-state index contributed by atoms with van der Waals surface area (Å²) in [7, 11) is 0. The Morgan fingerprint density at radius 2 is 1.67 bits per heavy atom. The molecule has 0 bridgehead atoms. The van der Waals surface area contributed by atoms with Gasteiger partial charge in [0.15, 0.2) is 0 Å². The van der Waals surface area contributed by atoms with E-state index in [-0.39, 0.29) is 0 Å². The fourth-order valence-electron chi connectivity index (χ4n) is 2.37. The zero-order valence-electron chi connectivity index (χ0n) is 11.4. The van der Waals surface area contributed by atoms with Gasteiger partial charge < -0.3 is 10.3 Å². The Bertz CT molecular complexity index is 738. The lowest BCUT2D eigenvalue weighted by Gasteiger charge is -2.05. The lowest BCUT2D eigenvalue weighted by Crippen LogP contribution is -1.95. The highest BCUT2D eigenvalue weighted by molar-refractivity contribution is 6.33. The van der Waals surface area contributed by atoms with Gasteiger partial charge in [-0.3, -0.25) is 0 Å². The minimum atomic E-state index is 0.311. The van der Waals surface area contributed by atoms with Gasteiger partial charge in [-0.1, -0.05) is 65.3 Å². The van der Waals surface area contributed by atoms with E-state index in [1.165, 1.54) is 5.56 Å². The summed E-state index contributed by atoms with van der Waals surface area (Å²) in [5.41, 5.74) is 9.68. The average molecular weight is 299 g/mol. The molecule has 0 aliphatic heterocycles. The van der Waals surface area contributed by atoms with Gasteiger partial charge in [0.25, 0.3) is 0 Å². The summed E-state index contributed by atoms with van der Waals surface area (Å²) >= 11 is 6.25. The number of hydrogen-bond donors (Lipinski definition) is 1. The summed E-state index contributed by atoms with van der Waals surface area (Å²) in [5.74, 6) is 0.311. The van der Waals surface area contributed by atoms with Gasteiger partial charge in [-0.2, -0.15) is 0 Å². The Morgan fingerprint density at radius 3 is 2.43 bits per heavy atom. The van der Waals surface area contributed by atoms with Gasteiger partial charge in [-0.25, -0.2) is 0 Å². The predicted molar refractivity (Wildman–Crippen MR) is 85.2 cm³/mol. The van der Waals surface area contributed by atoms with Crippen LogP contribution in [0.4, 0.5) is 5.88 Å². The maximum absolute atomic E-state index is 6.25. The highest BCUT2D eigenvalue weighted by atomic mass is 35.5. The Balaban J connectivity index is 1.89. The number of nitrogen functional groups attached to an aromatic ring is 1. The molecule has 0 atom stereocenters. The van der Waals surface area contributed by atoms with Crippen molar-refractivity contribution in [2.75, 3.05) is 5.73 Å². The van der Waals surface area contributed by atoms with Crippen molar-refractivity contribution in [2.24, 2.45) is 0 Å². The SMILES string of the molecule is Nc1onc(CCc2ccccc2)c1-c1ccccc1Cl. The van der Waals surface area contributed by atoms with Crippen LogP contribution in [0.2, 0.25) is 5.02 Å². The summed E-state index contributed by atoms with van der Waals surface area (Å²) in [4.78, 5) is 0. The molecule has 0 aliphatic rings. The third-order valence-electron chi connectivity index (χ3n) is 3.43. The summed E-state index contributed by atoms with van der Waals surface area (Å²) < 4.78 is 5.16. The molecule has 0 amide bonds. The van der Waals surface area contributed by atoms with E-state index in [1.807, 2.05) is 42.5 Å². The van der Waals surface area contributed by atoms with E-state index in [0.717, 1.165) is 29.7 Å². The van der Waals surface area contributed by atoms with Gasteiger partial charge in [-0.05, 0) is 24.5 Å². The van der Waals surface area contributed by atoms with Crippen LogP contribution in [0.3, 0.4) is 0 Å². The van der Waals surface area contributed by atoms with Gasteiger partial charge in [-0.15, -0.1) is 0 Å². The number of hydrogen-bond acceptors (Lipinski definition) is 3. The van der Waals surface area contributed by atoms with Crippen LogP contribution in [0.5, 0.6) is 0 Å². The minimum Gasteiger partial charge on any atom is -0.367 e. The predicted octanol–water partition coefficient (Wildman–Crippen LogP) is 4.36. The first-order valence-corrected chi connectivity index (χ1v) is 7.16. The van der Waals surface area contributed by atoms with Gasteiger partial charge in [0.05, 0.1) is 11.3 Å². The van der Waals surface area contributed by atoms with Crippen LogP contribution in [0.15, 0.2) is 59.1 Å². The molecule has 2 aromatic carbocycles. The molecule has 3 aromatic rings. The zero-order valence-corrected chi connectivity index (χ0v) is 12.2. The summed E-state index contributed by atoms with van der Waals surface area (Å²) in [6.45, 7) is 0. The van der Waals surface area contributed by atoms with E-state index in [0.29, 0.717) is 10.9 Å². The highest BCUT2D eigenvalue weighted by Gasteiger charge is 2.17. The standard InChI is InChI=1S/C17H15ClN2O/c18-14-9-5-4-8-13(14)16-15(20-21-17(16)19)11-10-12-6-2-1-3-7-12/h1-9H,10-11,19H2. The van der Waals surface area contributed by atoms with E-state index in [1.54, 1.807) is 0 Å². The number of aromatic nitrogens is 1. The lowest BCUT2D eigenvalue weighted by molar-refractivity contribution is 0.427. The second kappa shape index (κ2) is 6.02. The maximum atomic E-state index is 6.25. The number of benzene rings is 2. The van der Waals surface area contributed by atoms with Crippen LogP contribution in [0.1, 0.15) is 11.3 Å². The molecule has 106 valence electrons. The second-order valence-electron chi connectivity index (χ2n) is 4.83. The number of anilines is 1. The Morgan fingerprint density at radius 1 is 0.952 bits per heavy atom. The first-order valence-electron chi connectivity index (χ1n) is 6.78. The molecular formula is C17H15ClN2O. The average Bonchev–Trinajstić information content (AvgIpc) is 2.88. The molecule has 0 radical (unpaired) electrons. The van der Waals surface area contributed by atoms with Gasteiger partial charge >= 0.3 is 0 Å². The normalized spacial score (nSPS) is 10.7. The highest BCUT2D eigenvalue weighted by Crippen LogP contribution is 2.35. The number of rotatable bonds is 4. The summed E-state index contributed by atoms with van der Waals surface area (Å²) in [6.07, 6.45) is 1.63. The van der Waals surface area contributed by atoms with E-state index >= 15 is 0 Å². The number of aryl methyl sites for hydroxylation is 2. The smallest absolute Gasteiger partial charge is 0.230 e. The summed E-state index contributed by atoms with van der Waals surface area (Å²) in [6, 6.07) is 17.8. The first kappa shape index (κ1) is 13.7. The van der Waals surface area contributed by atoms with Crippen LogP contribution in [0.25, 0.3) is 11.1 Å². The van der Waals surface area contributed by atoms with Crippen LogP contribution in [-0.4, -0.2) is 5.16 Å². The molecule has 0 saturated heterocycles. The van der Waals surface area contributed by atoms with E-state index < -0.39 is 0 Å². The van der Waals surface area contributed by atoms with Crippen LogP contribution in [0, 0.1) is 0 Å². The number of halogens is 1. The Labute approximate surface area is 128 Å². The minimum absolute atomic E-state index is 0.311. The van der Waals surface area contributed by atoms with Crippen molar-refractivity contribution in [1.29, 1.82) is 0 Å². The van der Waals surface area contributed by atoms with Crippen molar-refractivity contribution in [3.05, 3.63) is 70.9 Å². The van der Waals surface area contributed by atoms with Crippen molar-refractivity contribution in [3.8, 4) is 11.1 Å². The molecule has 4 heteroatoms. The zero-order chi connectivity index (χ0) is 14.7. The van der Waals surface area contributed by atoms with Gasteiger partial charge in [0.1, 0.15) is 0 Å². The van der Waals surface area contributed by atoms with Crippen molar-refractivity contribution < 1.29 is 4.52 Å².